The minimum atomic E-state index is -3.05. The highest BCUT2D eigenvalue weighted by atomic mass is 32.2. The number of hydrogen-bond acceptors (Lipinski definition) is 3. The third kappa shape index (κ3) is 2.42. The largest absolute Gasteiger partial charge is 0.328 e. The van der Waals surface area contributed by atoms with Crippen molar-refractivity contribution < 1.29 is 8.42 Å². The van der Waals surface area contributed by atoms with Crippen LogP contribution in [-0.4, -0.2) is 37.1 Å². The van der Waals surface area contributed by atoms with Crippen molar-refractivity contribution in [1.29, 1.82) is 0 Å². The van der Waals surface area contributed by atoms with E-state index in [4.69, 9.17) is 5.73 Å². The summed E-state index contributed by atoms with van der Waals surface area (Å²) in [6, 6.07) is 0.179. The van der Waals surface area contributed by atoms with E-state index < -0.39 is 10.0 Å². The maximum Gasteiger partial charge on any atom is 0.216 e. The van der Waals surface area contributed by atoms with Gasteiger partial charge in [-0.3, -0.25) is 0 Å². The first-order chi connectivity index (χ1) is 5.94. The Hall–Kier alpha value is -0.130. The fourth-order valence-electron chi connectivity index (χ4n) is 1.43. The van der Waals surface area contributed by atoms with E-state index in [1.54, 1.807) is 18.2 Å². The van der Waals surface area contributed by atoms with E-state index in [0.717, 1.165) is 12.8 Å². The van der Waals surface area contributed by atoms with E-state index in [1.165, 1.54) is 0 Å². The summed E-state index contributed by atoms with van der Waals surface area (Å²) in [6.07, 6.45) is 1.57. The fourth-order valence-corrected chi connectivity index (χ4v) is 2.74. The number of sulfonamides is 1. The van der Waals surface area contributed by atoms with Crippen molar-refractivity contribution in [2.24, 2.45) is 5.73 Å². The molecule has 1 fully saturated rings. The number of nitrogens with zero attached hydrogens (tertiary/aromatic N) is 1. The smallest absolute Gasteiger partial charge is 0.216 e. The predicted molar refractivity (Wildman–Crippen MR) is 52.8 cm³/mol. The van der Waals surface area contributed by atoms with Crippen molar-refractivity contribution >= 4 is 10.0 Å². The van der Waals surface area contributed by atoms with E-state index in [2.05, 4.69) is 0 Å². The highest BCUT2D eigenvalue weighted by Crippen LogP contribution is 2.15. The maximum atomic E-state index is 11.7. The lowest BCUT2D eigenvalue weighted by Crippen LogP contribution is -2.45. The van der Waals surface area contributed by atoms with Crippen molar-refractivity contribution in [2.45, 2.75) is 38.0 Å². The Morgan fingerprint density at radius 1 is 1.31 bits per heavy atom. The number of hydrogen-bond donors (Lipinski definition) is 1. The molecular weight excluding hydrogens is 188 g/mol. The van der Waals surface area contributed by atoms with Crippen LogP contribution >= 0.6 is 0 Å². The molecule has 0 spiro atoms. The van der Waals surface area contributed by atoms with E-state index >= 15 is 0 Å². The standard InChI is InChI=1S/C8H18N2O2S/c1-7(2)13(11,12)10-5-3-8(9)4-6-10/h7-8H,3-6,9H2,1-2H3. The Morgan fingerprint density at radius 3 is 2.15 bits per heavy atom. The van der Waals surface area contributed by atoms with Crippen LogP contribution in [0.4, 0.5) is 0 Å². The van der Waals surface area contributed by atoms with E-state index in [1.807, 2.05) is 0 Å². The molecule has 78 valence electrons. The molecule has 0 aromatic heterocycles. The third-order valence-corrected chi connectivity index (χ3v) is 4.73. The zero-order valence-electron chi connectivity index (χ0n) is 8.23. The van der Waals surface area contributed by atoms with E-state index in [0.29, 0.717) is 13.1 Å². The Labute approximate surface area is 80.1 Å². The predicted octanol–water partition coefficient (Wildman–Crippen LogP) is 0.148. The van der Waals surface area contributed by atoms with Crippen LogP contribution in [0.3, 0.4) is 0 Å². The van der Waals surface area contributed by atoms with Crippen LogP contribution in [-0.2, 0) is 10.0 Å². The van der Waals surface area contributed by atoms with Gasteiger partial charge in [0.05, 0.1) is 5.25 Å². The van der Waals surface area contributed by atoms with Crippen LogP contribution < -0.4 is 5.73 Å². The number of piperidine rings is 1. The van der Waals surface area contributed by atoms with Crippen molar-refractivity contribution in [3.8, 4) is 0 Å². The molecule has 0 atom stereocenters. The summed E-state index contributed by atoms with van der Waals surface area (Å²) in [5, 5.41) is -0.318. The zero-order chi connectivity index (χ0) is 10.1. The average molecular weight is 206 g/mol. The molecule has 1 aliphatic rings. The Balaban J connectivity index is 2.64. The summed E-state index contributed by atoms with van der Waals surface area (Å²) in [4.78, 5) is 0. The summed E-state index contributed by atoms with van der Waals surface area (Å²) in [5.41, 5.74) is 5.69. The molecule has 13 heavy (non-hydrogen) atoms. The van der Waals surface area contributed by atoms with Gasteiger partial charge in [0.2, 0.25) is 10.0 Å². The Bertz CT molecular complexity index is 253. The molecule has 1 saturated heterocycles. The van der Waals surface area contributed by atoms with Crippen LogP contribution in [0, 0.1) is 0 Å². The Morgan fingerprint density at radius 2 is 1.77 bits per heavy atom. The lowest BCUT2D eigenvalue weighted by Gasteiger charge is -2.30. The molecule has 2 N–H and O–H groups in total. The van der Waals surface area contributed by atoms with Crippen LogP contribution in [0.15, 0.2) is 0 Å². The zero-order valence-corrected chi connectivity index (χ0v) is 9.05. The number of rotatable bonds is 2. The molecule has 0 bridgehead atoms. The van der Waals surface area contributed by atoms with Gasteiger partial charge in [-0.25, -0.2) is 12.7 Å². The Kier molecular flexibility index (Phi) is 3.32. The lowest BCUT2D eigenvalue weighted by atomic mass is 10.1. The summed E-state index contributed by atoms with van der Waals surface area (Å²) in [7, 11) is -3.05. The topological polar surface area (TPSA) is 63.4 Å². The third-order valence-electron chi connectivity index (χ3n) is 2.45. The monoisotopic (exact) mass is 206 g/mol. The van der Waals surface area contributed by atoms with Crippen LogP contribution in [0.2, 0.25) is 0 Å². The van der Waals surface area contributed by atoms with Gasteiger partial charge >= 0.3 is 0 Å². The quantitative estimate of drug-likeness (QED) is 0.699. The first kappa shape index (κ1) is 10.9. The summed E-state index contributed by atoms with van der Waals surface area (Å²) in [5.74, 6) is 0. The van der Waals surface area contributed by atoms with E-state index in [9.17, 15) is 8.42 Å². The molecule has 0 aliphatic carbocycles. The number of nitrogens with two attached hydrogens (primary N) is 1. The fraction of sp³-hybridized carbons (Fsp3) is 1.00. The van der Waals surface area contributed by atoms with Crippen molar-refractivity contribution in [3.05, 3.63) is 0 Å². The molecule has 0 saturated carbocycles. The molecule has 4 nitrogen and oxygen atoms in total. The molecule has 5 heteroatoms. The lowest BCUT2D eigenvalue weighted by molar-refractivity contribution is 0.317. The van der Waals surface area contributed by atoms with Gasteiger partial charge < -0.3 is 5.73 Å². The highest BCUT2D eigenvalue weighted by Gasteiger charge is 2.28. The molecule has 0 aromatic rings. The van der Waals surface area contributed by atoms with Crippen molar-refractivity contribution in [1.82, 2.24) is 4.31 Å². The van der Waals surface area contributed by atoms with Gasteiger partial charge in [0.1, 0.15) is 0 Å². The summed E-state index contributed by atoms with van der Waals surface area (Å²) in [6.45, 7) is 4.59. The SMILES string of the molecule is CC(C)S(=O)(=O)N1CCC(N)CC1. The molecular formula is C8H18N2O2S. The van der Waals surface area contributed by atoms with Gasteiger partial charge in [0, 0.05) is 19.1 Å². The van der Waals surface area contributed by atoms with Gasteiger partial charge in [0.25, 0.3) is 0 Å². The molecule has 1 heterocycles. The molecule has 0 amide bonds. The van der Waals surface area contributed by atoms with Crippen LogP contribution in [0.5, 0.6) is 0 Å². The van der Waals surface area contributed by atoms with Gasteiger partial charge in [0.15, 0.2) is 0 Å². The first-order valence-corrected chi connectivity index (χ1v) is 6.19. The highest BCUT2D eigenvalue weighted by molar-refractivity contribution is 7.89. The second-order valence-electron chi connectivity index (χ2n) is 3.83. The van der Waals surface area contributed by atoms with Crippen molar-refractivity contribution in [3.63, 3.8) is 0 Å². The van der Waals surface area contributed by atoms with Crippen molar-refractivity contribution in [2.75, 3.05) is 13.1 Å². The average Bonchev–Trinajstić information content (AvgIpc) is 2.04. The molecule has 0 unspecified atom stereocenters. The van der Waals surface area contributed by atoms with Gasteiger partial charge in [-0.05, 0) is 26.7 Å². The molecule has 0 radical (unpaired) electrons. The van der Waals surface area contributed by atoms with Crippen LogP contribution in [0.25, 0.3) is 0 Å². The van der Waals surface area contributed by atoms with E-state index in [-0.39, 0.29) is 11.3 Å². The second kappa shape index (κ2) is 3.94. The van der Waals surface area contributed by atoms with Gasteiger partial charge in [-0.1, -0.05) is 0 Å². The molecule has 1 aliphatic heterocycles. The second-order valence-corrected chi connectivity index (χ2v) is 6.32. The minimum Gasteiger partial charge on any atom is -0.328 e. The van der Waals surface area contributed by atoms with Gasteiger partial charge in [-0.2, -0.15) is 0 Å². The normalized spacial score (nSPS) is 22.5. The maximum absolute atomic E-state index is 11.7. The van der Waals surface area contributed by atoms with Gasteiger partial charge in [-0.15, -0.1) is 0 Å². The minimum absolute atomic E-state index is 0.179. The molecule has 1 rings (SSSR count). The summed E-state index contributed by atoms with van der Waals surface area (Å²) >= 11 is 0. The van der Waals surface area contributed by atoms with Crippen LogP contribution in [0.1, 0.15) is 26.7 Å². The first-order valence-electron chi connectivity index (χ1n) is 4.69. The molecule has 0 aromatic carbocycles. The summed E-state index contributed by atoms with van der Waals surface area (Å²) < 4.78 is 24.9.